The molecule has 1 aromatic heterocycles. The van der Waals surface area contributed by atoms with Gasteiger partial charge in [-0.05, 0) is 31.5 Å². The molecule has 2 rings (SSSR count). The van der Waals surface area contributed by atoms with E-state index in [2.05, 4.69) is 10.3 Å². The van der Waals surface area contributed by atoms with Crippen LogP contribution in [0.3, 0.4) is 0 Å². The third-order valence-corrected chi connectivity index (χ3v) is 3.30. The highest BCUT2D eigenvalue weighted by Crippen LogP contribution is 2.23. The normalized spacial score (nSPS) is 13.0. The first-order valence-corrected chi connectivity index (χ1v) is 7.04. The molecule has 2 aromatic rings. The second-order valence-electron chi connectivity index (χ2n) is 4.88. The van der Waals surface area contributed by atoms with Gasteiger partial charge in [0.05, 0.1) is 6.61 Å². The van der Waals surface area contributed by atoms with Crippen LogP contribution >= 0.6 is 0 Å². The van der Waals surface area contributed by atoms with Crippen LogP contribution in [0.5, 0.6) is 0 Å². The number of ether oxygens (including phenoxy) is 1. The van der Waals surface area contributed by atoms with E-state index in [1.54, 1.807) is 56.3 Å². The van der Waals surface area contributed by atoms with Gasteiger partial charge in [-0.3, -0.25) is 9.78 Å². The minimum absolute atomic E-state index is 0.237. The van der Waals surface area contributed by atoms with Crippen molar-refractivity contribution in [3.05, 3.63) is 66.0 Å². The molecule has 0 aliphatic heterocycles. The molecule has 0 aliphatic carbocycles. The summed E-state index contributed by atoms with van der Waals surface area (Å²) in [5.41, 5.74) is -0.377. The topological polar surface area (TPSA) is 68.3 Å². The average molecular weight is 298 g/mol. The van der Waals surface area contributed by atoms with Crippen LogP contribution < -0.4 is 5.32 Å². The maximum Gasteiger partial charge on any atom is 0.336 e. The van der Waals surface area contributed by atoms with Crippen LogP contribution in [0.1, 0.15) is 29.9 Å². The molecule has 0 fully saturated rings. The van der Waals surface area contributed by atoms with E-state index in [1.807, 2.05) is 6.07 Å². The van der Waals surface area contributed by atoms with Crippen molar-refractivity contribution in [2.24, 2.45) is 0 Å². The lowest BCUT2D eigenvalue weighted by atomic mass is 9.91. The molecule has 22 heavy (non-hydrogen) atoms. The lowest BCUT2D eigenvalue weighted by Crippen LogP contribution is -2.50. The molecule has 114 valence electrons. The van der Waals surface area contributed by atoms with Crippen LogP contribution in [0.2, 0.25) is 0 Å². The van der Waals surface area contributed by atoms with Gasteiger partial charge in [0.25, 0.3) is 5.91 Å². The Balaban J connectivity index is 2.33. The van der Waals surface area contributed by atoms with Crippen molar-refractivity contribution in [3.8, 4) is 0 Å². The molecule has 0 aliphatic rings. The minimum Gasteiger partial charge on any atom is -0.464 e. The van der Waals surface area contributed by atoms with Gasteiger partial charge < -0.3 is 10.1 Å². The van der Waals surface area contributed by atoms with E-state index in [-0.39, 0.29) is 12.3 Å². The minimum atomic E-state index is -1.27. The van der Waals surface area contributed by atoms with E-state index < -0.39 is 17.4 Å². The van der Waals surface area contributed by atoms with Crippen molar-refractivity contribution in [2.45, 2.75) is 19.4 Å². The zero-order chi connectivity index (χ0) is 16.0. The fraction of sp³-hybridized carbons (Fsp3) is 0.235. The van der Waals surface area contributed by atoms with Gasteiger partial charge in [0.15, 0.2) is 5.54 Å². The Kier molecular flexibility index (Phi) is 4.88. The zero-order valence-electron chi connectivity index (χ0n) is 12.6. The largest absolute Gasteiger partial charge is 0.464 e. The van der Waals surface area contributed by atoms with Crippen LogP contribution in [0, 0.1) is 0 Å². The van der Waals surface area contributed by atoms with Crippen molar-refractivity contribution in [1.82, 2.24) is 10.3 Å². The number of rotatable bonds is 5. The summed E-state index contributed by atoms with van der Waals surface area (Å²) in [5.74, 6) is -0.939. The molecule has 5 heteroatoms. The van der Waals surface area contributed by atoms with E-state index in [9.17, 15) is 9.59 Å². The van der Waals surface area contributed by atoms with Crippen LogP contribution in [0.15, 0.2) is 54.7 Å². The van der Waals surface area contributed by atoms with E-state index in [1.165, 1.54) is 6.20 Å². The fourth-order valence-corrected chi connectivity index (χ4v) is 2.08. The van der Waals surface area contributed by atoms with Crippen LogP contribution in [0.25, 0.3) is 0 Å². The molecule has 0 saturated heterocycles. The number of hydrogen-bond acceptors (Lipinski definition) is 4. The molecule has 0 unspecified atom stereocenters. The summed E-state index contributed by atoms with van der Waals surface area (Å²) in [6.07, 6.45) is 1.53. The van der Waals surface area contributed by atoms with Crippen LogP contribution in [-0.2, 0) is 15.1 Å². The Hall–Kier alpha value is -2.69. The zero-order valence-corrected chi connectivity index (χ0v) is 12.6. The third-order valence-electron chi connectivity index (χ3n) is 3.30. The van der Waals surface area contributed by atoms with E-state index in [0.29, 0.717) is 5.56 Å². The van der Waals surface area contributed by atoms with Gasteiger partial charge in [-0.1, -0.05) is 36.4 Å². The third kappa shape index (κ3) is 3.31. The summed E-state index contributed by atoms with van der Waals surface area (Å²) < 4.78 is 5.12. The molecular weight excluding hydrogens is 280 g/mol. The van der Waals surface area contributed by atoms with E-state index in [0.717, 1.165) is 0 Å². The van der Waals surface area contributed by atoms with Gasteiger partial charge in [0, 0.05) is 6.20 Å². The summed E-state index contributed by atoms with van der Waals surface area (Å²) in [7, 11) is 0. The standard InChI is InChI=1S/C17H18N2O3/c1-3-22-16(21)17(2,13-9-5-4-6-10-13)19-15(20)14-11-7-8-12-18-14/h4-12H,3H2,1-2H3,(H,19,20)/t17-/m0/s1. The van der Waals surface area contributed by atoms with Crippen molar-refractivity contribution in [2.75, 3.05) is 6.61 Å². The van der Waals surface area contributed by atoms with Gasteiger partial charge >= 0.3 is 5.97 Å². The summed E-state index contributed by atoms with van der Waals surface area (Å²) in [6, 6.07) is 14.0. The van der Waals surface area contributed by atoms with Crippen LogP contribution in [-0.4, -0.2) is 23.5 Å². The Bertz CT molecular complexity index is 643. The molecule has 1 amide bonds. The smallest absolute Gasteiger partial charge is 0.336 e. The number of carbonyl (C=O) groups excluding carboxylic acids is 2. The SMILES string of the molecule is CCOC(=O)[C@@](C)(NC(=O)c1ccccn1)c1ccccc1. The quantitative estimate of drug-likeness (QED) is 0.860. The van der Waals surface area contributed by atoms with Crippen molar-refractivity contribution < 1.29 is 14.3 Å². The number of benzene rings is 1. The molecule has 0 radical (unpaired) electrons. The Morgan fingerprint density at radius 1 is 1.14 bits per heavy atom. The number of amides is 1. The predicted octanol–water partition coefficient (Wildman–Crippen LogP) is 2.29. The molecule has 1 aromatic carbocycles. The van der Waals surface area contributed by atoms with Gasteiger partial charge in [0.1, 0.15) is 5.69 Å². The van der Waals surface area contributed by atoms with Crippen LogP contribution in [0.4, 0.5) is 0 Å². The highest BCUT2D eigenvalue weighted by Gasteiger charge is 2.38. The molecule has 1 atom stereocenters. The Labute approximate surface area is 129 Å². The number of pyridine rings is 1. The van der Waals surface area contributed by atoms with E-state index in [4.69, 9.17) is 4.74 Å². The molecular formula is C17H18N2O3. The van der Waals surface area contributed by atoms with E-state index >= 15 is 0 Å². The molecule has 0 saturated carbocycles. The van der Waals surface area contributed by atoms with Gasteiger partial charge in [-0.15, -0.1) is 0 Å². The molecule has 0 bridgehead atoms. The van der Waals surface area contributed by atoms with Crippen molar-refractivity contribution in [3.63, 3.8) is 0 Å². The van der Waals surface area contributed by atoms with Crippen molar-refractivity contribution >= 4 is 11.9 Å². The average Bonchev–Trinajstić information content (AvgIpc) is 2.56. The molecule has 0 spiro atoms. The fourth-order valence-electron chi connectivity index (χ4n) is 2.08. The maximum absolute atomic E-state index is 12.4. The second kappa shape index (κ2) is 6.85. The number of nitrogens with one attached hydrogen (secondary N) is 1. The lowest BCUT2D eigenvalue weighted by Gasteiger charge is -2.28. The summed E-state index contributed by atoms with van der Waals surface area (Å²) in [6.45, 7) is 3.59. The van der Waals surface area contributed by atoms with Gasteiger partial charge in [-0.2, -0.15) is 0 Å². The number of aromatic nitrogens is 1. The first-order chi connectivity index (χ1) is 10.6. The molecule has 1 heterocycles. The van der Waals surface area contributed by atoms with Gasteiger partial charge in [-0.25, -0.2) is 4.79 Å². The number of carbonyl (C=O) groups is 2. The molecule has 1 N–H and O–H groups in total. The number of nitrogens with zero attached hydrogens (tertiary/aromatic N) is 1. The van der Waals surface area contributed by atoms with Crippen molar-refractivity contribution in [1.29, 1.82) is 0 Å². The Morgan fingerprint density at radius 3 is 2.41 bits per heavy atom. The summed E-state index contributed by atoms with van der Waals surface area (Å²) in [4.78, 5) is 28.7. The molecule has 5 nitrogen and oxygen atoms in total. The summed E-state index contributed by atoms with van der Waals surface area (Å²) >= 11 is 0. The first kappa shape index (κ1) is 15.7. The highest BCUT2D eigenvalue weighted by atomic mass is 16.5. The second-order valence-corrected chi connectivity index (χ2v) is 4.88. The maximum atomic E-state index is 12.4. The van der Waals surface area contributed by atoms with Gasteiger partial charge in [0.2, 0.25) is 0 Å². The Morgan fingerprint density at radius 2 is 1.82 bits per heavy atom. The number of esters is 1. The highest BCUT2D eigenvalue weighted by molar-refractivity contribution is 5.97. The predicted molar refractivity (Wildman–Crippen MR) is 82.1 cm³/mol. The summed E-state index contributed by atoms with van der Waals surface area (Å²) in [5, 5.41) is 2.73. The number of hydrogen-bond donors (Lipinski definition) is 1. The lowest BCUT2D eigenvalue weighted by molar-refractivity contribution is -0.150. The first-order valence-electron chi connectivity index (χ1n) is 7.04. The monoisotopic (exact) mass is 298 g/mol.